The molecule has 0 bridgehead atoms. The van der Waals surface area contributed by atoms with Crippen LogP contribution in [0.5, 0.6) is 0 Å². The molecule has 7 heteroatoms. The first kappa shape index (κ1) is 14.5. The molecular formula is C13H15ClN4O2. The van der Waals surface area contributed by atoms with Crippen LogP contribution in [0.3, 0.4) is 0 Å². The number of nitrogens with one attached hydrogen (secondary N) is 1. The van der Waals surface area contributed by atoms with E-state index < -0.39 is 0 Å². The van der Waals surface area contributed by atoms with Gasteiger partial charge in [-0.1, -0.05) is 18.2 Å². The van der Waals surface area contributed by atoms with Crippen LogP contribution in [0, 0.1) is 0 Å². The number of halogens is 1. The van der Waals surface area contributed by atoms with Gasteiger partial charge in [-0.3, -0.25) is 9.59 Å². The molecule has 0 radical (unpaired) electrons. The SMILES string of the molecule is Cl.NC1CCN(C(=O)c2n[nH]c(=O)c3ccccc23)C1. The van der Waals surface area contributed by atoms with E-state index in [0.717, 1.165) is 6.42 Å². The second kappa shape index (κ2) is 5.60. The highest BCUT2D eigenvalue weighted by Gasteiger charge is 2.26. The minimum Gasteiger partial charge on any atom is -0.336 e. The fraction of sp³-hybridized carbons (Fsp3) is 0.308. The number of aromatic amines is 1. The molecule has 2 aromatic rings. The summed E-state index contributed by atoms with van der Waals surface area (Å²) in [6, 6.07) is 6.99. The number of nitrogens with zero attached hydrogens (tertiary/aromatic N) is 2. The van der Waals surface area contributed by atoms with E-state index in [1.54, 1.807) is 29.2 Å². The molecule has 1 aromatic carbocycles. The predicted molar refractivity (Wildman–Crippen MR) is 78.1 cm³/mol. The first-order chi connectivity index (χ1) is 9.16. The number of benzene rings is 1. The molecule has 3 rings (SSSR count). The van der Waals surface area contributed by atoms with Gasteiger partial charge in [0, 0.05) is 24.5 Å². The minimum absolute atomic E-state index is 0. The van der Waals surface area contributed by atoms with Gasteiger partial charge in [0.2, 0.25) is 0 Å². The number of carbonyl (C=O) groups excluding carboxylic acids is 1. The second-order valence-corrected chi connectivity index (χ2v) is 4.75. The third-order valence-corrected chi connectivity index (χ3v) is 3.41. The molecule has 1 amide bonds. The Labute approximate surface area is 121 Å². The highest BCUT2D eigenvalue weighted by molar-refractivity contribution is 6.04. The maximum atomic E-state index is 12.4. The topological polar surface area (TPSA) is 92.1 Å². The summed E-state index contributed by atoms with van der Waals surface area (Å²) < 4.78 is 0. The van der Waals surface area contributed by atoms with Gasteiger partial charge in [-0.15, -0.1) is 12.4 Å². The molecule has 1 aliphatic rings. The van der Waals surface area contributed by atoms with Crippen LogP contribution in [-0.4, -0.2) is 40.1 Å². The molecule has 0 aliphatic carbocycles. The van der Waals surface area contributed by atoms with Gasteiger partial charge in [0.25, 0.3) is 11.5 Å². The van der Waals surface area contributed by atoms with Crippen LogP contribution < -0.4 is 11.3 Å². The van der Waals surface area contributed by atoms with Crippen molar-refractivity contribution in [2.45, 2.75) is 12.5 Å². The van der Waals surface area contributed by atoms with Crippen LogP contribution in [0.4, 0.5) is 0 Å². The van der Waals surface area contributed by atoms with Crippen LogP contribution in [0.15, 0.2) is 29.1 Å². The average Bonchev–Trinajstić information content (AvgIpc) is 2.86. The first-order valence-electron chi connectivity index (χ1n) is 6.19. The molecule has 106 valence electrons. The Hall–Kier alpha value is -1.92. The Bertz CT molecular complexity index is 700. The van der Waals surface area contributed by atoms with Gasteiger partial charge in [-0.05, 0) is 12.5 Å². The van der Waals surface area contributed by atoms with Crippen molar-refractivity contribution in [3.05, 3.63) is 40.3 Å². The van der Waals surface area contributed by atoms with E-state index in [9.17, 15) is 9.59 Å². The number of amides is 1. The fourth-order valence-electron chi connectivity index (χ4n) is 2.40. The number of aromatic nitrogens is 2. The molecule has 6 nitrogen and oxygen atoms in total. The van der Waals surface area contributed by atoms with Crippen molar-refractivity contribution in [1.82, 2.24) is 15.1 Å². The van der Waals surface area contributed by atoms with Crippen LogP contribution >= 0.6 is 12.4 Å². The van der Waals surface area contributed by atoms with E-state index in [1.807, 2.05) is 0 Å². The molecule has 0 spiro atoms. The molecular weight excluding hydrogens is 280 g/mol. The van der Waals surface area contributed by atoms with Crippen molar-refractivity contribution in [3.8, 4) is 0 Å². The summed E-state index contributed by atoms with van der Waals surface area (Å²) >= 11 is 0. The quantitative estimate of drug-likeness (QED) is 0.802. The molecule has 1 fully saturated rings. The number of H-pyrrole nitrogens is 1. The molecule has 1 atom stereocenters. The lowest BCUT2D eigenvalue weighted by molar-refractivity contribution is 0.0786. The normalized spacial score (nSPS) is 18.1. The van der Waals surface area contributed by atoms with E-state index >= 15 is 0 Å². The summed E-state index contributed by atoms with van der Waals surface area (Å²) in [7, 11) is 0. The van der Waals surface area contributed by atoms with Gasteiger partial charge in [-0.2, -0.15) is 5.10 Å². The van der Waals surface area contributed by atoms with Gasteiger partial charge in [0.05, 0.1) is 5.39 Å². The molecule has 1 saturated heterocycles. The summed E-state index contributed by atoms with van der Waals surface area (Å²) in [6.07, 6.45) is 0.799. The Morgan fingerprint density at radius 1 is 1.35 bits per heavy atom. The van der Waals surface area contributed by atoms with Crippen molar-refractivity contribution in [2.24, 2.45) is 5.73 Å². The Balaban J connectivity index is 0.00000147. The number of hydrogen-bond donors (Lipinski definition) is 2. The van der Waals surface area contributed by atoms with Crippen LogP contribution in [0.2, 0.25) is 0 Å². The van der Waals surface area contributed by atoms with Crippen molar-refractivity contribution >= 4 is 29.1 Å². The van der Waals surface area contributed by atoms with Crippen molar-refractivity contribution < 1.29 is 4.79 Å². The third-order valence-electron chi connectivity index (χ3n) is 3.41. The van der Waals surface area contributed by atoms with E-state index in [-0.39, 0.29) is 35.6 Å². The smallest absolute Gasteiger partial charge is 0.274 e. The highest BCUT2D eigenvalue weighted by Crippen LogP contribution is 2.17. The average molecular weight is 295 g/mol. The second-order valence-electron chi connectivity index (χ2n) is 4.75. The predicted octanol–water partition coefficient (Wildman–Crippen LogP) is 0.518. The Morgan fingerprint density at radius 3 is 2.70 bits per heavy atom. The van der Waals surface area contributed by atoms with Crippen molar-refractivity contribution in [1.29, 1.82) is 0 Å². The van der Waals surface area contributed by atoms with Crippen LogP contribution in [0.1, 0.15) is 16.9 Å². The first-order valence-corrected chi connectivity index (χ1v) is 6.19. The van der Waals surface area contributed by atoms with Crippen molar-refractivity contribution in [3.63, 3.8) is 0 Å². The summed E-state index contributed by atoms with van der Waals surface area (Å²) in [5.74, 6) is -0.180. The van der Waals surface area contributed by atoms with Crippen LogP contribution in [0.25, 0.3) is 10.8 Å². The van der Waals surface area contributed by atoms with Gasteiger partial charge in [0.1, 0.15) is 0 Å². The summed E-state index contributed by atoms with van der Waals surface area (Å²) in [4.78, 5) is 25.7. The number of nitrogens with two attached hydrogens (primary N) is 1. The summed E-state index contributed by atoms with van der Waals surface area (Å²) in [5.41, 5.74) is 5.80. The lowest BCUT2D eigenvalue weighted by Gasteiger charge is -2.15. The van der Waals surface area contributed by atoms with E-state index in [1.165, 1.54) is 0 Å². The lowest BCUT2D eigenvalue weighted by Crippen LogP contribution is -2.33. The summed E-state index contributed by atoms with van der Waals surface area (Å²) in [5, 5.41) is 7.34. The van der Waals surface area contributed by atoms with Gasteiger partial charge in [-0.25, -0.2) is 5.10 Å². The standard InChI is InChI=1S/C13H14N4O2.ClH/c14-8-5-6-17(7-8)13(19)11-9-3-1-2-4-10(9)12(18)16-15-11;/h1-4,8H,5-7,14H2,(H,16,18);1H. The molecule has 0 saturated carbocycles. The number of hydrogen-bond acceptors (Lipinski definition) is 4. The van der Waals surface area contributed by atoms with Crippen molar-refractivity contribution in [2.75, 3.05) is 13.1 Å². The van der Waals surface area contributed by atoms with E-state index in [0.29, 0.717) is 23.9 Å². The number of fused-ring (bicyclic) bond motifs is 1. The number of carbonyl (C=O) groups is 1. The monoisotopic (exact) mass is 294 g/mol. The van der Waals surface area contributed by atoms with E-state index in [2.05, 4.69) is 10.2 Å². The van der Waals surface area contributed by atoms with Gasteiger partial charge in [0.15, 0.2) is 5.69 Å². The maximum absolute atomic E-state index is 12.4. The molecule has 3 N–H and O–H groups in total. The maximum Gasteiger partial charge on any atom is 0.274 e. The zero-order valence-electron chi connectivity index (χ0n) is 10.7. The third kappa shape index (κ3) is 2.39. The minimum atomic E-state index is -0.287. The van der Waals surface area contributed by atoms with Gasteiger partial charge >= 0.3 is 0 Å². The fourth-order valence-corrected chi connectivity index (χ4v) is 2.40. The zero-order chi connectivity index (χ0) is 13.4. The Kier molecular flexibility index (Phi) is 4.06. The largest absolute Gasteiger partial charge is 0.336 e. The van der Waals surface area contributed by atoms with Crippen LogP contribution in [-0.2, 0) is 0 Å². The molecule has 1 aromatic heterocycles. The molecule has 1 aliphatic heterocycles. The molecule has 2 heterocycles. The Morgan fingerprint density at radius 2 is 2.05 bits per heavy atom. The number of rotatable bonds is 1. The molecule has 20 heavy (non-hydrogen) atoms. The molecule has 1 unspecified atom stereocenters. The zero-order valence-corrected chi connectivity index (χ0v) is 11.5. The van der Waals surface area contributed by atoms with E-state index in [4.69, 9.17) is 5.73 Å². The van der Waals surface area contributed by atoms with Gasteiger partial charge < -0.3 is 10.6 Å². The lowest BCUT2D eigenvalue weighted by atomic mass is 10.1. The highest BCUT2D eigenvalue weighted by atomic mass is 35.5. The number of likely N-dealkylation sites (tertiary alicyclic amines) is 1. The summed E-state index contributed by atoms with van der Waals surface area (Å²) in [6.45, 7) is 1.17.